The van der Waals surface area contributed by atoms with Gasteiger partial charge in [0, 0.05) is 0 Å². The van der Waals surface area contributed by atoms with E-state index < -0.39 is 12.2 Å². The van der Waals surface area contributed by atoms with E-state index in [4.69, 9.17) is 4.74 Å². The summed E-state index contributed by atoms with van der Waals surface area (Å²) in [5, 5.41) is 35.2. The van der Waals surface area contributed by atoms with Crippen LogP contribution in [0, 0.1) is 52.3 Å². The van der Waals surface area contributed by atoms with Gasteiger partial charge < -0.3 is 25.4 Å². The SMILES string of the molecule is CC[C@H]1[C@@H](O)[C@@H]2[C@H](CC[C@]3(C)[C@@H]([C@H](C)CCOC(=O)N[C@H]4CCC[C@H]4O)CC[C@@H]23)[C@@]2(C)CC[C@@H](O)C[C@@H]12. The van der Waals surface area contributed by atoms with Crippen LogP contribution >= 0.6 is 0 Å². The van der Waals surface area contributed by atoms with Gasteiger partial charge in [0.15, 0.2) is 0 Å². The normalized spacial score (nSPS) is 50.0. The number of aliphatic hydroxyl groups excluding tert-OH is 3. The molecular formula is C31H53NO5. The molecule has 5 saturated carbocycles. The summed E-state index contributed by atoms with van der Waals surface area (Å²) in [5.41, 5.74) is 0.469. The van der Waals surface area contributed by atoms with Gasteiger partial charge in [0.05, 0.1) is 31.0 Å². The van der Waals surface area contributed by atoms with Crippen molar-refractivity contribution in [2.45, 2.75) is 129 Å². The van der Waals surface area contributed by atoms with Crippen LogP contribution in [0.4, 0.5) is 4.79 Å². The maximum Gasteiger partial charge on any atom is 0.407 e. The zero-order valence-corrected chi connectivity index (χ0v) is 23.7. The van der Waals surface area contributed by atoms with Crippen LogP contribution in [0.15, 0.2) is 0 Å². The van der Waals surface area contributed by atoms with Gasteiger partial charge in [0.25, 0.3) is 0 Å². The van der Waals surface area contributed by atoms with Crippen molar-refractivity contribution >= 4 is 6.09 Å². The lowest BCUT2D eigenvalue weighted by atomic mass is 9.41. The zero-order chi connectivity index (χ0) is 26.5. The first-order valence-electron chi connectivity index (χ1n) is 15.6. The summed E-state index contributed by atoms with van der Waals surface area (Å²) in [7, 11) is 0. The quantitative estimate of drug-likeness (QED) is 0.383. The Labute approximate surface area is 224 Å². The molecule has 212 valence electrons. The highest BCUT2D eigenvalue weighted by atomic mass is 16.5. The van der Waals surface area contributed by atoms with Crippen LogP contribution in [0.5, 0.6) is 0 Å². The number of carbonyl (C=O) groups excluding carboxylic acids is 1. The van der Waals surface area contributed by atoms with Crippen molar-refractivity contribution in [3.8, 4) is 0 Å². The molecule has 0 heterocycles. The molecule has 4 N–H and O–H groups in total. The number of fused-ring (bicyclic) bond motifs is 5. The number of hydrogen-bond acceptors (Lipinski definition) is 5. The molecule has 1 amide bonds. The Kier molecular flexibility index (Phi) is 7.95. The average molecular weight is 520 g/mol. The van der Waals surface area contributed by atoms with Crippen molar-refractivity contribution in [2.75, 3.05) is 6.61 Å². The third-order valence-electron chi connectivity index (χ3n) is 12.7. The second-order valence-electron chi connectivity index (χ2n) is 14.3. The molecule has 5 aliphatic carbocycles. The summed E-state index contributed by atoms with van der Waals surface area (Å²) in [5.74, 6) is 3.28. The predicted molar refractivity (Wildman–Crippen MR) is 144 cm³/mol. The molecule has 0 radical (unpaired) electrons. The molecule has 5 aliphatic rings. The first kappa shape index (κ1) is 27.7. The van der Waals surface area contributed by atoms with Crippen LogP contribution in [0.1, 0.15) is 105 Å². The Morgan fingerprint density at radius 2 is 1.70 bits per heavy atom. The fourth-order valence-electron chi connectivity index (χ4n) is 10.8. The monoisotopic (exact) mass is 519 g/mol. The molecule has 0 aromatic heterocycles. The van der Waals surface area contributed by atoms with Crippen molar-refractivity contribution in [3.63, 3.8) is 0 Å². The van der Waals surface area contributed by atoms with Crippen LogP contribution in [0.25, 0.3) is 0 Å². The fourth-order valence-corrected chi connectivity index (χ4v) is 10.8. The molecule has 0 aliphatic heterocycles. The summed E-state index contributed by atoms with van der Waals surface area (Å²) in [6.45, 7) is 9.99. The van der Waals surface area contributed by atoms with Crippen molar-refractivity contribution in [2.24, 2.45) is 52.3 Å². The number of ether oxygens (including phenoxy) is 1. The standard InChI is InChI=1S/C31H53NO5/c1-5-20-24-17-19(33)11-14-31(24,4)23-12-15-30(3)21(9-10-22(30)27(23)28(20)35)18(2)13-16-37-29(36)32-25-7-6-8-26(25)34/h18-28,33-35H,5-17H2,1-4H3,(H,32,36)/t18-,19-,20-,21-,22+,23+,24+,25+,26-,27+,28-,30-,31-/m1/s1. The molecule has 5 rings (SSSR count). The van der Waals surface area contributed by atoms with Crippen LogP contribution in [-0.4, -0.2) is 52.4 Å². The molecule has 13 atom stereocenters. The minimum Gasteiger partial charge on any atom is -0.450 e. The van der Waals surface area contributed by atoms with Gasteiger partial charge in [0.1, 0.15) is 0 Å². The molecule has 0 spiro atoms. The number of nitrogens with one attached hydrogen (secondary N) is 1. The Bertz CT molecular complexity index is 821. The van der Waals surface area contributed by atoms with Gasteiger partial charge in [-0.25, -0.2) is 4.79 Å². The van der Waals surface area contributed by atoms with E-state index in [2.05, 4.69) is 33.0 Å². The van der Waals surface area contributed by atoms with Gasteiger partial charge in [-0.15, -0.1) is 0 Å². The highest BCUT2D eigenvalue weighted by Gasteiger charge is 2.64. The van der Waals surface area contributed by atoms with Gasteiger partial charge in [-0.2, -0.15) is 0 Å². The number of aliphatic hydroxyl groups is 3. The van der Waals surface area contributed by atoms with Crippen LogP contribution in [0.3, 0.4) is 0 Å². The predicted octanol–water partition coefficient (Wildman–Crippen LogP) is 5.28. The first-order valence-corrected chi connectivity index (χ1v) is 15.6. The third kappa shape index (κ3) is 4.75. The molecule has 37 heavy (non-hydrogen) atoms. The van der Waals surface area contributed by atoms with Gasteiger partial charge >= 0.3 is 6.09 Å². The van der Waals surface area contributed by atoms with E-state index in [-0.39, 0.29) is 29.1 Å². The Hall–Kier alpha value is -0.850. The molecule has 0 aromatic rings. The van der Waals surface area contributed by atoms with Gasteiger partial charge in [-0.3, -0.25) is 0 Å². The van der Waals surface area contributed by atoms with Crippen molar-refractivity contribution in [1.29, 1.82) is 0 Å². The van der Waals surface area contributed by atoms with Gasteiger partial charge in [-0.1, -0.05) is 34.1 Å². The number of amides is 1. The van der Waals surface area contributed by atoms with Crippen LogP contribution < -0.4 is 5.32 Å². The van der Waals surface area contributed by atoms with E-state index in [0.717, 1.165) is 51.4 Å². The van der Waals surface area contributed by atoms with E-state index in [0.29, 0.717) is 48.0 Å². The molecule has 0 aromatic carbocycles. The Balaban J connectivity index is 1.23. The summed E-state index contributed by atoms with van der Waals surface area (Å²) < 4.78 is 5.54. The van der Waals surface area contributed by atoms with Crippen LogP contribution in [-0.2, 0) is 4.74 Å². The lowest BCUT2D eigenvalue weighted by Gasteiger charge is -2.64. The van der Waals surface area contributed by atoms with Gasteiger partial charge in [0.2, 0.25) is 0 Å². The number of carbonyl (C=O) groups is 1. The van der Waals surface area contributed by atoms with Crippen molar-refractivity contribution in [1.82, 2.24) is 5.32 Å². The van der Waals surface area contributed by atoms with E-state index in [1.807, 2.05) is 0 Å². The lowest BCUT2D eigenvalue weighted by Crippen LogP contribution is -2.62. The Morgan fingerprint density at radius 1 is 0.973 bits per heavy atom. The van der Waals surface area contributed by atoms with E-state index >= 15 is 0 Å². The van der Waals surface area contributed by atoms with E-state index in [1.165, 1.54) is 25.7 Å². The number of hydrogen-bond donors (Lipinski definition) is 4. The van der Waals surface area contributed by atoms with Crippen molar-refractivity contribution in [3.05, 3.63) is 0 Å². The highest BCUT2D eigenvalue weighted by Crippen LogP contribution is 2.69. The van der Waals surface area contributed by atoms with Crippen molar-refractivity contribution < 1.29 is 24.9 Å². The number of rotatable bonds is 6. The summed E-state index contributed by atoms with van der Waals surface area (Å²) in [6, 6.07) is -0.169. The molecule has 0 unspecified atom stereocenters. The number of alkyl carbamates (subject to hydrolysis) is 1. The average Bonchev–Trinajstić information content (AvgIpc) is 3.42. The minimum absolute atomic E-state index is 0.169. The molecule has 5 fully saturated rings. The largest absolute Gasteiger partial charge is 0.450 e. The van der Waals surface area contributed by atoms with Gasteiger partial charge in [-0.05, 0) is 123 Å². The molecule has 0 saturated heterocycles. The summed E-state index contributed by atoms with van der Waals surface area (Å²) in [6.07, 6.45) is 10.8. The third-order valence-corrected chi connectivity index (χ3v) is 12.7. The lowest BCUT2D eigenvalue weighted by molar-refractivity contribution is -0.203. The van der Waals surface area contributed by atoms with E-state index in [9.17, 15) is 20.1 Å². The maximum atomic E-state index is 12.3. The zero-order valence-electron chi connectivity index (χ0n) is 23.7. The molecule has 0 bridgehead atoms. The molecule has 6 nitrogen and oxygen atoms in total. The topological polar surface area (TPSA) is 99.0 Å². The smallest absolute Gasteiger partial charge is 0.407 e. The minimum atomic E-state index is -0.448. The highest BCUT2D eigenvalue weighted by molar-refractivity contribution is 5.67. The maximum absolute atomic E-state index is 12.3. The molecular weight excluding hydrogens is 466 g/mol. The summed E-state index contributed by atoms with van der Waals surface area (Å²) in [4.78, 5) is 12.3. The summed E-state index contributed by atoms with van der Waals surface area (Å²) >= 11 is 0. The van der Waals surface area contributed by atoms with Crippen LogP contribution in [0.2, 0.25) is 0 Å². The van der Waals surface area contributed by atoms with E-state index in [1.54, 1.807) is 0 Å². The first-order chi connectivity index (χ1) is 17.6. The fraction of sp³-hybridized carbons (Fsp3) is 0.968. The molecule has 6 heteroatoms. The Morgan fingerprint density at radius 3 is 2.41 bits per heavy atom. The second-order valence-corrected chi connectivity index (χ2v) is 14.3. The second kappa shape index (κ2) is 10.6.